The van der Waals surface area contributed by atoms with E-state index in [9.17, 15) is 9.90 Å². The molecular formula is C21H17NO3. The summed E-state index contributed by atoms with van der Waals surface area (Å²) < 4.78 is 5.38. The Hall–Kier alpha value is -3.11. The van der Waals surface area contributed by atoms with Crippen molar-refractivity contribution in [1.82, 2.24) is 0 Å². The van der Waals surface area contributed by atoms with Crippen LogP contribution in [0.1, 0.15) is 16.7 Å². The second-order valence-corrected chi connectivity index (χ2v) is 5.95. The summed E-state index contributed by atoms with van der Waals surface area (Å²) in [5.41, 5.74) is 3.60. The zero-order valence-corrected chi connectivity index (χ0v) is 13.5. The average Bonchev–Trinajstić information content (AvgIpc) is 2.65. The molecule has 1 amide bonds. The maximum Gasteiger partial charge on any atom is 0.262 e. The maximum absolute atomic E-state index is 11.5. The van der Waals surface area contributed by atoms with Gasteiger partial charge in [-0.05, 0) is 39.6 Å². The van der Waals surface area contributed by atoms with Gasteiger partial charge in [-0.25, -0.2) is 0 Å². The van der Waals surface area contributed by atoms with Gasteiger partial charge in [-0.2, -0.15) is 0 Å². The molecular weight excluding hydrogens is 314 g/mol. The zero-order valence-electron chi connectivity index (χ0n) is 13.5. The molecule has 0 aliphatic carbocycles. The van der Waals surface area contributed by atoms with Crippen LogP contribution in [-0.4, -0.2) is 17.6 Å². The minimum atomic E-state index is -0.143. The Balaban J connectivity index is 1.72. The zero-order chi connectivity index (χ0) is 17.2. The summed E-state index contributed by atoms with van der Waals surface area (Å²) in [6.45, 7) is 0.0620. The second-order valence-electron chi connectivity index (χ2n) is 5.95. The van der Waals surface area contributed by atoms with E-state index in [2.05, 4.69) is 5.32 Å². The van der Waals surface area contributed by atoms with Gasteiger partial charge in [0.1, 0.15) is 5.75 Å². The highest BCUT2D eigenvalue weighted by Crippen LogP contribution is 2.30. The molecule has 0 fully saturated rings. The highest BCUT2D eigenvalue weighted by atomic mass is 16.5. The lowest BCUT2D eigenvalue weighted by Gasteiger charge is -2.17. The predicted molar refractivity (Wildman–Crippen MR) is 99.4 cm³/mol. The summed E-state index contributed by atoms with van der Waals surface area (Å²) in [5.74, 6) is 0.541. The molecule has 1 aliphatic heterocycles. The normalized spacial score (nSPS) is 13.6. The Kier molecular flexibility index (Phi) is 3.96. The smallest absolute Gasteiger partial charge is 0.262 e. The molecule has 0 saturated heterocycles. The van der Waals surface area contributed by atoms with Gasteiger partial charge >= 0.3 is 0 Å². The van der Waals surface area contributed by atoms with Crippen LogP contribution in [0, 0.1) is 0 Å². The van der Waals surface area contributed by atoms with Gasteiger partial charge in [0.2, 0.25) is 0 Å². The van der Waals surface area contributed by atoms with Crippen LogP contribution < -0.4 is 10.1 Å². The van der Waals surface area contributed by atoms with E-state index >= 15 is 0 Å². The molecule has 1 aliphatic rings. The monoisotopic (exact) mass is 331 g/mol. The Bertz CT molecular complexity index is 986. The Morgan fingerprint density at radius 1 is 1.08 bits per heavy atom. The number of hydrogen-bond donors (Lipinski definition) is 2. The van der Waals surface area contributed by atoms with Crippen molar-refractivity contribution in [2.75, 3.05) is 11.9 Å². The van der Waals surface area contributed by atoms with Gasteiger partial charge < -0.3 is 15.2 Å². The van der Waals surface area contributed by atoms with Crippen LogP contribution in [0.3, 0.4) is 0 Å². The second kappa shape index (κ2) is 6.42. The number of benzene rings is 3. The minimum absolute atomic E-state index is 0.00437. The number of hydrogen-bond acceptors (Lipinski definition) is 3. The van der Waals surface area contributed by atoms with Crippen LogP contribution in [0.4, 0.5) is 5.69 Å². The van der Waals surface area contributed by atoms with Crippen molar-refractivity contribution in [3.8, 4) is 5.75 Å². The summed E-state index contributed by atoms with van der Waals surface area (Å²) in [6, 6.07) is 17.7. The number of fused-ring (bicyclic) bond motifs is 2. The molecule has 4 nitrogen and oxygen atoms in total. The first-order valence-corrected chi connectivity index (χ1v) is 8.11. The predicted octanol–water partition coefficient (Wildman–Crippen LogP) is 3.83. The van der Waals surface area contributed by atoms with E-state index in [-0.39, 0.29) is 19.1 Å². The van der Waals surface area contributed by atoms with Crippen LogP contribution in [0.2, 0.25) is 0 Å². The van der Waals surface area contributed by atoms with Crippen LogP contribution in [0.5, 0.6) is 5.75 Å². The SMILES string of the molecule is O=C1COc2ccc(/C=C/c3cccc4cccc(CO)c34)cc2N1. The van der Waals surface area contributed by atoms with E-state index in [1.807, 2.05) is 66.7 Å². The third-order valence-corrected chi connectivity index (χ3v) is 4.29. The van der Waals surface area contributed by atoms with Crippen molar-refractivity contribution in [2.45, 2.75) is 6.61 Å². The Morgan fingerprint density at radius 3 is 2.76 bits per heavy atom. The number of amides is 1. The van der Waals surface area contributed by atoms with Crippen molar-refractivity contribution < 1.29 is 14.6 Å². The molecule has 3 aromatic carbocycles. The van der Waals surface area contributed by atoms with Gasteiger partial charge in [-0.15, -0.1) is 0 Å². The average molecular weight is 331 g/mol. The molecule has 25 heavy (non-hydrogen) atoms. The van der Waals surface area contributed by atoms with Crippen molar-refractivity contribution in [1.29, 1.82) is 0 Å². The molecule has 0 bridgehead atoms. The molecule has 4 rings (SSSR count). The standard InChI is InChI=1S/C21H17NO3/c23-12-17-6-2-4-15-3-1-5-16(21(15)17)9-7-14-8-10-19-18(11-14)22-20(24)13-25-19/h1-11,23H,12-13H2,(H,22,24)/b9-7+. The van der Waals surface area contributed by atoms with E-state index < -0.39 is 0 Å². The third-order valence-electron chi connectivity index (χ3n) is 4.29. The number of anilines is 1. The Labute approximate surface area is 145 Å². The summed E-state index contributed by atoms with van der Waals surface area (Å²) in [5, 5.41) is 14.6. The third kappa shape index (κ3) is 2.99. The molecule has 0 spiro atoms. The lowest BCUT2D eigenvalue weighted by atomic mass is 9.98. The fourth-order valence-corrected chi connectivity index (χ4v) is 3.11. The highest BCUT2D eigenvalue weighted by molar-refractivity contribution is 5.97. The van der Waals surface area contributed by atoms with Crippen molar-refractivity contribution in [3.63, 3.8) is 0 Å². The topological polar surface area (TPSA) is 58.6 Å². The molecule has 124 valence electrons. The molecule has 0 unspecified atom stereocenters. The molecule has 3 aromatic rings. The fraction of sp³-hybridized carbons (Fsp3) is 0.0952. The van der Waals surface area contributed by atoms with E-state index in [1.54, 1.807) is 0 Å². The van der Waals surface area contributed by atoms with E-state index in [0.29, 0.717) is 11.4 Å². The van der Waals surface area contributed by atoms with Gasteiger partial charge in [0.15, 0.2) is 6.61 Å². The summed E-state index contributed by atoms with van der Waals surface area (Å²) in [7, 11) is 0. The van der Waals surface area contributed by atoms with E-state index in [4.69, 9.17) is 4.74 Å². The first kappa shape index (κ1) is 15.4. The first-order valence-electron chi connectivity index (χ1n) is 8.11. The lowest BCUT2D eigenvalue weighted by molar-refractivity contribution is -0.118. The number of carbonyl (C=O) groups is 1. The molecule has 4 heteroatoms. The largest absolute Gasteiger partial charge is 0.482 e. The van der Waals surface area contributed by atoms with Gasteiger partial charge in [-0.1, -0.05) is 54.6 Å². The quantitative estimate of drug-likeness (QED) is 0.717. The molecule has 0 radical (unpaired) electrons. The lowest BCUT2D eigenvalue weighted by Crippen LogP contribution is -2.25. The van der Waals surface area contributed by atoms with Crippen molar-refractivity contribution in [2.24, 2.45) is 0 Å². The number of aliphatic hydroxyl groups excluding tert-OH is 1. The highest BCUT2D eigenvalue weighted by Gasteiger charge is 2.15. The van der Waals surface area contributed by atoms with Gasteiger partial charge in [-0.3, -0.25) is 4.79 Å². The summed E-state index contributed by atoms with van der Waals surface area (Å²) >= 11 is 0. The van der Waals surface area contributed by atoms with Crippen LogP contribution in [0.25, 0.3) is 22.9 Å². The van der Waals surface area contributed by atoms with Crippen LogP contribution in [0.15, 0.2) is 54.6 Å². The Morgan fingerprint density at radius 2 is 1.92 bits per heavy atom. The van der Waals surface area contributed by atoms with Crippen molar-refractivity contribution >= 4 is 34.5 Å². The molecule has 2 N–H and O–H groups in total. The number of carbonyl (C=O) groups excluding carboxylic acids is 1. The molecule has 0 aromatic heterocycles. The molecule has 0 saturated carbocycles. The molecule has 1 heterocycles. The minimum Gasteiger partial charge on any atom is -0.482 e. The summed E-state index contributed by atoms with van der Waals surface area (Å²) in [6.07, 6.45) is 4.01. The van der Waals surface area contributed by atoms with E-state index in [0.717, 1.165) is 27.5 Å². The fourth-order valence-electron chi connectivity index (χ4n) is 3.11. The summed E-state index contributed by atoms with van der Waals surface area (Å²) in [4.78, 5) is 11.5. The van der Waals surface area contributed by atoms with Crippen molar-refractivity contribution in [3.05, 3.63) is 71.3 Å². The molecule has 0 atom stereocenters. The number of aliphatic hydroxyl groups is 1. The number of rotatable bonds is 3. The first-order chi connectivity index (χ1) is 12.2. The van der Waals surface area contributed by atoms with E-state index in [1.165, 1.54) is 0 Å². The van der Waals surface area contributed by atoms with Gasteiger partial charge in [0.05, 0.1) is 12.3 Å². The van der Waals surface area contributed by atoms with Crippen LogP contribution >= 0.6 is 0 Å². The number of nitrogens with one attached hydrogen (secondary N) is 1. The number of ether oxygens (including phenoxy) is 1. The maximum atomic E-state index is 11.5. The van der Waals surface area contributed by atoms with Gasteiger partial charge in [0.25, 0.3) is 5.91 Å². The van der Waals surface area contributed by atoms with Gasteiger partial charge in [0, 0.05) is 0 Å². The van der Waals surface area contributed by atoms with Crippen LogP contribution in [-0.2, 0) is 11.4 Å².